The SMILES string of the molecule is CCn1c(C2CSCCN2)nc2cccc(Cl)c21. The van der Waals surface area contributed by atoms with Crippen LogP contribution in [0, 0.1) is 0 Å². The molecule has 0 amide bonds. The van der Waals surface area contributed by atoms with Gasteiger partial charge < -0.3 is 9.88 Å². The van der Waals surface area contributed by atoms with E-state index in [-0.39, 0.29) is 0 Å². The summed E-state index contributed by atoms with van der Waals surface area (Å²) in [4.78, 5) is 4.77. The van der Waals surface area contributed by atoms with Crippen LogP contribution in [0.5, 0.6) is 0 Å². The summed E-state index contributed by atoms with van der Waals surface area (Å²) < 4.78 is 2.24. The van der Waals surface area contributed by atoms with Gasteiger partial charge in [0, 0.05) is 24.6 Å². The molecule has 1 aromatic heterocycles. The number of halogens is 1. The van der Waals surface area contributed by atoms with Gasteiger partial charge in [0.15, 0.2) is 0 Å². The van der Waals surface area contributed by atoms with Crippen molar-refractivity contribution in [2.24, 2.45) is 0 Å². The number of aryl methyl sites for hydroxylation is 1. The summed E-state index contributed by atoms with van der Waals surface area (Å²) in [5, 5.41) is 4.33. The molecule has 2 heterocycles. The minimum atomic E-state index is 0.340. The average molecular weight is 282 g/mol. The lowest BCUT2D eigenvalue weighted by Gasteiger charge is -2.23. The summed E-state index contributed by atoms with van der Waals surface area (Å²) in [6.07, 6.45) is 0. The molecule has 18 heavy (non-hydrogen) atoms. The molecule has 96 valence electrons. The van der Waals surface area contributed by atoms with Crippen molar-refractivity contribution in [3.8, 4) is 0 Å². The molecule has 3 rings (SSSR count). The smallest absolute Gasteiger partial charge is 0.127 e. The molecule has 1 fully saturated rings. The molecule has 0 saturated carbocycles. The van der Waals surface area contributed by atoms with Gasteiger partial charge in [-0.15, -0.1) is 0 Å². The van der Waals surface area contributed by atoms with Gasteiger partial charge in [0.2, 0.25) is 0 Å². The Balaban J connectivity index is 2.13. The predicted molar refractivity (Wildman–Crippen MR) is 78.5 cm³/mol. The van der Waals surface area contributed by atoms with Crippen molar-refractivity contribution < 1.29 is 0 Å². The van der Waals surface area contributed by atoms with E-state index in [1.807, 2.05) is 30.0 Å². The molecule has 1 atom stereocenters. The molecule has 0 spiro atoms. The van der Waals surface area contributed by atoms with Gasteiger partial charge in [-0.1, -0.05) is 17.7 Å². The van der Waals surface area contributed by atoms with Crippen LogP contribution in [0.25, 0.3) is 11.0 Å². The number of nitrogens with one attached hydrogen (secondary N) is 1. The molecule has 1 aliphatic rings. The van der Waals surface area contributed by atoms with E-state index in [0.717, 1.165) is 40.7 Å². The molecular weight excluding hydrogens is 266 g/mol. The molecule has 3 nitrogen and oxygen atoms in total. The Morgan fingerprint density at radius 1 is 1.56 bits per heavy atom. The number of hydrogen-bond donors (Lipinski definition) is 1. The van der Waals surface area contributed by atoms with Crippen molar-refractivity contribution in [2.45, 2.75) is 19.5 Å². The zero-order valence-corrected chi connectivity index (χ0v) is 11.9. The third-order valence-corrected chi connectivity index (χ3v) is 4.66. The van der Waals surface area contributed by atoms with Crippen LogP contribution in [-0.2, 0) is 6.54 Å². The summed E-state index contributed by atoms with van der Waals surface area (Å²) in [5.74, 6) is 3.39. The first-order valence-corrected chi connectivity index (χ1v) is 7.80. The summed E-state index contributed by atoms with van der Waals surface area (Å²) in [6, 6.07) is 6.27. The maximum Gasteiger partial charge on any atom is 0.127 e. The number of hydrogen-bond acceptors (Lipinski definition) is 3. The minimum Gasteiger partial charge on any atom is -0.326 e. The molecule has 1 unspecified atom stereocenters. The largest absolute Gasteiger partial charge is 0.326 e. The second-order valence-electron chi connectivity index (χ2n) is 4.40. The Bertz CT molecular complexity index is 561. The van der Waals surface area contributed by atoms with Crippen LogP contribution in [0.3, 0.4) is 0 Å². The van der Waals surface area contributed by atoms with Crippen molar-refractivity contribution in [2.75, 3.05) is 18.1 Å². The molecular formula is C13H16ClN3S. The number of fused-ring (bicyclic) bond motifs is 1. The zero-order valence-electron chi connectivity index (χ0n) is 10.3. The van der Waals surface area contributed by atoms with Gasteiger partial charge in [-0.3, -0.25) is 0 Å². The average Bonchev–Trinajstić information content (AvgIpc) is 2.79. The Morgan fingerprint density at radius 2 is 2.44 bits per heavy atom. The molecule has 0 radical (unpaired) electrons. The highest BCUT2D eigenvalue weighted by Gasteiger charge is 2.22. The fourth-order valence-corrected chi connectivity index (χ4v) is 3.68. The lowest BCUT2D eigenvalue weighted by molar-refractivity contribution is 0.536. The summed E-state index contributed by atoms with van der Waals surface area (Å²) in [5.41, 5.74) is 2.06. The first kappa shape index (κ1) is 12.3. The van der Waals surface area contributed by atoms with Crippen molar-refractivity contribution in [3.05, 3.63) is 29.0 Å². The van der Waals surface area contributed by atoms with E-state index in [1.165, 1.54) is 5.75 Å². The van der Waals surface area contributed by atoms with Gasteiger partial charge >= 0.3 is 0 Å². The molecule has 1 saturated heterocycles. The third-order valence-electron chi connectivity index (χ3n) is 3.30. The molecule has 5 heteroatoms. The van der Waals surface area contributed by atoms with Gasteiger partial charge in [-0.2, -0.15) is 11.8 Å². The lowest BCUT2D eigenvalue weighted by Crippen LogP contribution is -2.32. The molecule has 1 aromatic carbocycles. The normalized spacial score (nSPS) is 20.4. The number of thioether (sulfide) groups is 1. The zero-order chi connectivity index (χ0) is 12.5. The fraction of sp³-hybridized carbons (Fsp3) is 0.462. The summed E-state index contributed by atoms with van der Waals surface area (Å²) in [7, 11) is 0. The van der Waals surface area contributed by atoms with Crippen molar-refractivity contribution >= 4 is 34.4 Å². The second-order valence-corrected chi connectivity index (χ2v) is 5.96. The van der Waals surface area contributed by atoms with Crippen molar-refractivity contribution in [1.29, 1.82) is 0 Å². The van der Waals surface area contributed by atoms with Crippen LogP contribution in [-0.4, -0.2) is 27.6 Å². The molecule has 0 bridgehead atoms. The quantitative estimate of drug-likeness (QED) is 0.917. The molecule has 0 aliphatic carbocycles. The van der Waals surface area contributed by atoms with Crippen LogP contribution in [0.4, 0.5) is 0 Å². The first-order valence-electron chi connectivity index (χ1n) is 6.27. The van der Waals surface area contributed by atoms with Gasteiger partial charge in [0.25, 0.3) is 0 Å². The maximum absolute atomic E-state index is 6.31. The number of aromatic nitrogens is 2. The molecule has 1 aliphatic heterocycles. The van der Waals surface area contributed by atoms with E-state index in [4.69, 9.17) is 16.6 Å². The minimum absolute atomic E-state index is 0.340. The van der Waals surface area contributed by atoms with E-state index in [9.17, 15) is 0 Å². The summed E-state index contributed by atoms with van der Waals surface area (Å²) >= 11 is 8.29. The fourth-order valence-electron chi connectivity index (χ4n) is 2.48. The Hall–Kier alpha value is -0.710. The predicted octanol–water partition coefficient (Wildman–Crippen LogP) is 3.09. The van der Waals surface area contributed by atoms with E-state index >= 15 is 0 Å². The number of rotatable bonds is 2. The first-order chi connectivity index (χ1) is 8.81. The van der Waals surface area contributed by atoms with Crippen LogP contribution < -0.4 is 5.32 Å². The Labute approximate surface area is 116 Å². The van der Waals surface area contributed by atoms with E-state index in [1.54, 1.807) is 0 Å². The van der Waals surface area contributed by atoms with E-state index in [0.29, 0.717) is 6.04 Å². The Kier molecular flexibility index (Phi) is 3.50. The van der Waals surface area contributed by atoms with E-state index in [2.05, 4.69) is 16.8 Å². The standard InChI is InChI=1S/C13H16ClN3S/c1-2-17-12-9(14)4-3-5-10(12)16-13(17)11-8-18-7-6-15-11/h3-5,11,15H,2,6-8H2,1H3. The second kappa shape index (κ2) is 5.11. The lowest BCUT2D eigenvalue weighted by atomic mass is 10.3. The molecule has 1 N–H and O–H groups in total. The third kappa shape index (κ3) is 2.02. The van der Waals surface area contributed by atoms with E-state index < -0.39 is 0 Å². The van der Waals surface area contributed by atoms with Crippen LogP contribution in [0.2, 0.25) is 5.02 Å². The van der Waals surface area contributed by atoms with Gasteiger partial charge in [0.1, 0.15) is 5.82 Å². The Morgan fingerprint density at radius 3 is 3.17 bits per heavy atom. The van der Waals surface area contributed by atoms with Crippen LogP contribution in [0.15, 0.2) is 18.2 Å². The summed E-state index contributed by atoms with van der Waals surface area (Å²) in [6.45, 7) is 4.10. The van der Waals surface area contributed by atoms with Crippen LogP contribution in [0.1, 0.15) is 18.8 Å². The van der Waals surface area contributed by atoms with Gasteiger partial charge in [0.05, 0.1) is 22.1 Å². The maximum atomic E-state index is 6.31. The monoisotopic (exact) mass is 281 g/mol. The highest BCUT2D eigenvalue weighted by atomic mass is 35.5. The van der Waals surface area contributed by atoms with Gasteiger partial charge in [-0.05, 0) is 19.1 Å². The topological polar surface area (TPSA) is 29.9 Å². The van der Waals surface area contributed by atoms with Crippen molar-refractivity contribution in [3.63, 3.8) is 0 Å². The van der Waals surface area contributed by atoms with Crippen molar-refractivity contribution in [1.82, 2.24) is 14.9 Å². The number of nitrogens with zero attached hydrogens (tertiary/aromatic N) is 2. The highest BCUT2D eigenvalue weighted by Crippen LogP contribution is 2.29. The van der Waals surface area contributed by atoms with Gasteiger partial charge in [-0.25, -0.2) is 4.98 Å². The number of imidazole rings is 1. The van der Waals surface area contributed by atoms with Crippen LogP contribution >= 0.6 is 23.4 Å². The number of benzene rings is 1. The molecule has 2 aromatic rings. The highest BCUT2D eigenvalue weighted by molar-refractivity contribution is 7.99. The number of para-hydroxylation sites is 1.